The van der Waals surface area contributed by atoms with Crippen LogP contribution in [0.2, 0.25) is 0 Å². The monoisotopic (exact) mass is 248 g/mol. The zero-order valence-electron chi connectivity index (χ0n) is 10.7. The van der Waals surface area contributed by atoms with Crippen LogP contribution in [-0.4, -0.2) is 33.7 Å². The summed E-state index contributed by atoms with van der Waals surface area (Å²) >= 11 is 0. The lowest BCUT2D eigenvalue weighted by Gasteiger charge is -2.32. The Balaban J connectivity index is 1.56. The van der Waals surface area contributed by atoms with Gasteiger partial charge in [-0.05, 0) is 31.2 Å². The number of piperidine rings is 1. The van der Waals surface area contributed by atoms with E-state index in [4.69, 9.17) is 5.73 Å². The number of hydrogen-bond acceptors (Lipinski definition) is 3. The average Bonchev–Trinajstić information content (AvgIpc) is 2.95. The molecule has 3 rings (SSSR count). The minimum Gasteiger partial charge on any atom is -0.382 e. The molecule has 1 aromatic rings. The molecule has 1 aliphatic heterocycles. The fourth-order valence-corrected chi connectivity index (χ4v) is 2.81. The highest BCUT2D eigenvalue weighted by Gasteiger charge is 2.42. The summed E-state index contributed by atoms with van der Waals surface area (Å²) in [6, 6.07) is 2.21. The van der Waals surface area contributed by atoms with Gasteiger partial charge in [0.25, 0.3) is 0 Å². The van der Waals surface area contributed by atoms with Crippen molar-refractivity contribution in [2.24, 2.45) is 11.8 Å². The van der Waals surface area contributed by atoms with E-state index in [1.807, 2.05) is 21.8 Å². The molecule has 1 saturated heterocycles. The van der Waals surface area contributed by atoms with Crippen LogP contribution in [0, 0.1) is 11.8 Å². The molecule has 0 aromatic carbocycles. The molecular weight excluding hydrogens is 228 g/mol. The van der Waals surface area contributed by atoms with Gasteiger partial charge in [0, 0.05) is 25.2 Å². The highest BCUT2D eigenvalue weighted by Crippen LogP contribution is 2.40. The maximum atomic E-state index is 12.1. The van der Waals surface area contributed by atoms with Gasteiger partial charge in [0.1, 0.15) is 5.82 Å². The Kier molecular flexibility index (Phi) is 2.76. The van der Waals surface area contributed by atoms with Crippen LogP contribution in [0.4, 0.5) is 5.82 Å². The van der Waals surface area contributed by atoms with Crippen LogP contribution >= 0.6 is 0 Å². The molecule has 5 nitrogen and oxygen atoms in total. The maximum absolute atomic E-state index is 12.1. The molecule has 5 heteroatoms. The highest BCUT2D eigenvalue weighted by molar-refractivity contribution is 5.81. The highest BCUT2D eigenvalue weighted by atomic mass is 16.2. The predicted molar refractivity (Wildman–Crippen MR) is 68.8 cm³/mol. The number of likely N-dealkylation sites (tertiary alicyclic amines) is 1. The quantitative estimate of drug-likeness (QED) is 0.857. The van der Waals surface area contributed by atoms with E-state index in [1.165, 1.54) is 0 Å². The minimum atomic E-state index is 0.307. The van der Waals surface area contributed by atoms with Crippen molar-refractivity contribution in [2.75, 3.05) is 18.8 Å². The average molecular weight is 248 g/mol. The van der Waals surface area contributed by atoms with Gasteiger partial charge in [-0.2, -0.15) is 5.10 Å². The lowest BCUT2D eigenvalue weighted by atomic mass is 10.0. The van der Waals surface area contributed by atoms with Gasteiger partial charge >= 0.3 is 0 Å². The number of carbonyl (C=O) groups excluding carboxylic acids is 1. The molecule has 2 heterocycles. The van der Waals surface area contributed by atoms with Gasteiger partial charge in [-0.15, -0.1) is 0 Å². The SMILES string of the molecule is CC1CC1C(=O)N1CCC(n2ccc(N)n2)CC1. The molecule has 1 aromatic heterocycles. The lowest BCUT2D eigenvalue weighted by molar-refractivity contribution is -0.134. The molecule has 1 aliphatic carbocycles. The first kappa shape index (κ1) is 11.6. The van der Waals surface area contributed by atoms with E-state index in [2.05, 4.69) is 12.0 Å². The Hall–Kier alpha value is -1.52. The summed E-state index contributed by atoms with van der Waals surface area (Å²) in [4.78, 5) is 14.1. The predicted octanol–water partition coefficient (Wildman–Crippen LogP) is 1.28. The summed E-state index contributed by atoms with van der Waals surface area (Å²) in [5.74, 6) is 1.84. The van der Waals surface area contributed by atoms with Crippen molar-refractivity contribution in [3.63, 3.8) is 0 Å². The summed E-state index contributed by atoms with van der Waals surface area (Å²) in [5, 5.41) is 4.25. The third-order valence-corrected chi connectivity index (χ3v) is 4.21. The Bertz CT molecular complexity index is 448. The molecule has 98 valence electrons. The topological polar surface area (TPSA) is 64.2 Å². The second-order valence-electron chi connectivity index (χ2n) is 5.60. The Morgan fingerprint density at radius 1 is 1.44 bits per heavy atom. The van der Waals surface area contributed by atoms with Crippen LogP contribution < -0.4 is 5.73 Å². The number of anilines is 1. The molecule has 2 fully saturated rings. The first-order chi connectivity index (χ1) is 8.65. The normalized spacial score (nSPS) is 28.4. The molecule has 18 heavy (non-hydrogen) atoms. The molecule has 2 unspecified atom stereocenters. The number of hydrogen-bond donors (Lipinski definition) is 1. The Labute approximate surface area is 107 Å². The smallest absolute Gasteiger partial charge is 0.225 e. The molecule has 1 amide bonds. The van der Waals surface area contributed by atoms with Gasteiger partial charge < -0.3 is 10.6 Å². The summed E-state index contributed by atoms with van der Waals surface area (Å²) in [5.41, 5.74) is 5.63. The number of amides is 1. The van der Waals surface area contributed by atoms with Crippen LogP contribution in [0.5, 0.6) is 0 Å². The van der Waals surface area contributed by atoms with Gasteiger partial charge in [0.05, 0.1) is 6.04 Å². The molecule has 2 aliphatic rings. The summed E-state index contributed by atoms with van der Waals surface area (Å²) in [6.07, 6.45) is 4.97. The van der Waals surface area contributed by atoms with Gasteiger partial charge in [-0.1, -0.05) is 6.92 Å². The van der Waals surface area contributed by atoms with E-state index < -0.39 is 0 Å². The zero-order chi connectivity index (χ0) is 12.7. The van der Waals surface area contributed by atoms with Gasteiger partial charge in [-0.25, -0.2) is 0 Å². The third kappa shape index (κ3) is 2.09. The molecule has 2 atom stereocenters. The van der Waals surface area contributed by atoms with Crippen LogP contribution in [0.25, 0.3) is 0 Å². The van der Waals surface area contributed by atoms with Crippen LogP contribution in [0.15, 0.2) is 12.3 Å². The first-order valence-corrected chi connectivity index (χ1v) is 6.74. The first-order valence-electron chi connectivity index (χ1n) is 6.74. The third-order valence-electron chi connectivity index (χ3n) is 4.21. The molecular formula is C13H20N4O. The maximum Gasteiger partial charge on any atom is 0.225 e. The van der Waals surface area contributed by atoms with Crippen molar-refractivity contribution in [3.8, 4) is 0 Å². The van der Waals surface area contributed by atoms with Gasteiger partial charge in [0.2, 0.25) is 5.91 Å². The van der Waals surface area contributed by atoms with Crippen LogP contribution in [0.1, 0.15) is 32.2 Å². The number of rotatable bonds is 2. The van der Waals surface area contributed by atoms with Crippen molar-refractivity contribution in [2.45, 2.75) is 32.2 Å². The lowest BCUT2D eigenvalue weighted by Crippen LogP contribution is -2.40. The van der Waals surface area contributed by atoms with E-state index in [0.29, 0.717) is 29.6 Å². The molecule has 0 spiro atoms. The number of nitrogen functional groups attached to an aromatic ring is 1. The minimum absolute atomic E-state index is 0.307. The Morgan fingerprint density at radius 2 is 2.11 bits per heavy atom. The van der Waals surface area contributed by atoms with Crippen molar-refractivity contribution in [1.82, 2.24) is 14.7 Å². The van der Waals surface area contributed by atoms with Crippen molar-refractivity contribution >= 4 is 11.7 Å². The van der Waals surface area contributed by atoms with Crippen LogP contribution in [-0.2, 0) is 4.79 Å². The molecule has 0 bridgehead atoms. The number of nitrogens with two attached hydrogens (primary N) is 1. The zero-order valence-corrected chi connectivity index (χ0v) is 10.7. The number of nitrogens with zero attached hydrogens (tertiary/aromatic N) is 3. The molecule has 1 saturated carbocycles. The van der Waals surface area contributed by atoms with E-state index in [9.17, 15) is 4.79 Å². The largest absolute Gasteiger partial charge is 0.382 e. The second kappa shape index (κ2) is 4.30. The summed E-state index contributed by atoms with van der Waals surface area (Å²) < 4.78 is 1.94. The van der Waals surface area contributed by atoms with Gasteiger partial charge in [0.15, 0.2) is 0 Å². The second-order valence-corrected chi connectivity index (χ2v) is 5.60. The fourth-order valence-electron chi connectivity index (χ4n) is 2.81. The molecule has 0 radical (unpaired) electrons. The van der Waals surface area contributed by atoms with Crippen molar-refractivity contribution < 1.29 is 4.79 Å². The number of carbonyl (C=O) groups is 1. The van der Waals surface area contributed by atoms with Crippen molar-refractivity contribution in [3.05, 3.63) is 12.3 Å². The summed E-state index contributed by atoms with van der Waals surface area (Å²) in [6.45, 7) is 3.86. The summed E-state index contributed by atoms with van der Waals surface area (Å²) in [7, 11) is 0. The standard InChI is InChI=1S/C13H20N4O/c1-9-8-11(9)13(18)16-5-2-10(3-6-16)17-7-4-12(14)15-17/h4,7,9-11H,2-3,5-6,8H2,1H3,(H2,14,15). The fraction of sp³-hybridized carbons (Fsp3) is 0.692. The number of aromatic nitrogens is 2. The van der Waals surface area contributed by atoms with Crippen molar-refractivity contribution in [1.29, 1.82) is 0 Å². The van der Waals surface area contributed by atoms with E-state index in [1.54, 1.807) is 0 Å². The van der Waals surface area contributed by atoms with Gasteiger partial charge in [-0.3, -0.25) is 9.48 Å². The van der Waals surface area contributed by atoms with E-state index >= 15 is 0 Å². The van der Waals surface area contributed by atoms with E-state index in [0.717, 1.165) is 32.4 Å². The van der Waals surface area contributed by atoms with Crippen LogP contribution in [0.3, 0.4) is 0 Å². The molecule has 2 N–H and O–H groups in total. The Morgan fingerprint density at radius 3 is 2.61 bits per heavy atom. The van der Waals surface area contributed by atoms with E-state index in [-0.39, 0.29) is 0 Å².